The van der Waals surface area contributed by atoms with Gasteiger partial charge in [0.2, 0.25) is 5.95 Å². The van der Waals surface area contributed by atoms with E-state index in [9.17, 15) is 4.79 Å². The summed E-state index contributed by atoms with van der Waals surface area (Å²) in [7, 11) is 0. The van der Waals surface area contributed by atoms with E-state index in [1.165, 1.54) is 24.6 Å². The van der Waals surface area contributed by atoms with Gasteiger partial charge in [0.1, 0.15) is 0 Å². The molecule has 1 saturated carbocycles. The number of nitrogens with zero attached hydrogens (tertiary/aromatic N) is 4. The van der Waals surface area contributed by atoms with Gasteiger partial charge in [0.05, 0.1) is 11.8 Å². The maximum atomic E-state index is 10.6. The second-order valence-electron chi connectivity index (χ2n) is 5.06. The fourth-order valence-electron chi connectivity index (χ4n) is 2.61. The molecule has 0 radical (unpaired) electrons. The van der Waals surface area contributed by atoms with Gasteiger partial charge >= 0.3 is 5.97 Å². The fraction of sp³-hybridized carbons (Fsp3) is 0.727. The van der Waals surface area contributed by atoms with Crippen LogP contribution in [0.2, 0.25) is 0 Å². The molecule has 0 spiro atoms. The highest BCUT2D eigenvalue weighted by Gasteiger charge is 2.36. The number of nitrogen functional groups attached to an aromatic ring is 1. The van der Waals surface area contributed by atoms with Crippen LogP contribution >= 0.6 is 11.8 Å². The molecule has 7 nitrogen and oxygen atoms in total. The van der Waals surface area contributed by atoms with Crippen LogP contribution < -0.4 is 5.73 Å². The molecule has 1 aromatic heterocycles. The third-order valence-electron chi connectivity index (χ3n) is 3.64. The van der Waals surface area contributed by atoms with Gasteiger partial charge in [0.15, 0.2) is 5.16 Å². The molecule has 1 unspecified atom stereocenters. The van der Waals surface area contributed by atoms with Crippen molar-refractivity contribution in [3.8, 4) is 0 Å². The fourth-order valence-corrected chi connectivity index (χ4v) is 3.34. The first-order valence-corrected chi connectivity index (χ1v) is 7.42. The van der Waals surface area contributed by atoms with Crippen molar-refractivity contribution in [1.29, 1.82) is 0 Å². The molecule has 1 aliphatic heterocycles. The Morgan fingerprint density at radius 2 is 2.16 bits per heavy atom. The second-order valence-corrected chi connectivity index (χ2v) is 6.00. The summed E-state index contributed by atoms with van der Waals surface area (Å²) in [6.45, 7) is 2.05. The smallest absolute Gasteiger partial charge is 0.313 e. The third-order valence-corrected chi connectivity index (χ3v) is 4.57. The minimum Gasteiger partial charge on any atom is -0.481 e. The summed E-state index contributed by atoms with van der Waals surface area (Å²) in [6, 6.07) is 1.02. The van der Waals surface area contributed by atoms with E-state index in [0.717, 1.165) is 25.6 Å². The molecule has 1 aliphatic carbocycles. The van der Waals surface area contributed by atoms with Gasteiger partial charge in [0.25, 0.3) is 0 Å². The van der Waals surface area contributed by atoms with Crippen LogP contribution in [0.15, 0.2) is 5.16 Å². The highest BCUT2D eigenvalue weighted by atomic mass is 32.2. The van der Waals surface area contributed by atoms with Gasteiger partial charge in [-0.2, -0.15) is 0 Å². The zero-order chi connectivity index (χ0) is 13.4. The van der Waals surface area contributed by atoms with E-state index in [4.69, 9.17) is 10.8 Å². The lowest BCUT2D eigenvalue weighted by Crippen LogP contribution is -2.24. The Kier molecular flexibility index (Phi) is 3.36. The highest BCUT2D eigenvalue weighted by Crippen LogP contribution is 2.35. The van der Waals surface area contributed by atoms with E-state index in [1.807, 2.05) is 4.57 Å². The number of carboxylic acid groups (broad SMARTS) is 1. The van der Waals surface area contributed by atoms with Crippen molar-refractivity contribution in [2.24, 2.45) is 0 Å². The lowest BCUT2D eigenvalue weighted by Gasteiger charge is -2.17. The van der Waals surface area contributed by atoms with Crippen molar-refractivity contribution >= 4 is 23.7 Å². The molecule has 0 aromatic carbocycles. The van der Waals surface area contributed by atoms with E-state index in [-0.39, 0.29) is 11.8 Å². The highest BCUT2D eigenvalue weighted by molar-refractivity contribution is 7.99. The van der Waals surface area contributed by atoms with Gasteiger partial charge in [-0.15, -0.1) is 10.2 Å². The Morgan fingerprint density at radius 1 is 1.37 bits per heavy atom. The van der Waals surface area contributed by atoms with Crippen LogP contribution in [-0.2, 0) is 4.79 Å². The number of nitrogens with two attached hydrogens (primary N) is 1. The van der Waals surface area contributed by atoms with Crippen molar-refractivity contribution in [3.63, 3.8) is 0 Å². The van der Waals surface area contributed by atoms with Gasteiger partial charge in [-0.25, -0.2) is 0 Å². The minimum atomic E-state index is -0.857. The quantitative estimate of drug-likeness (QED) is 0.757. The first-order chi connectivity index (χ1) is 9.15. The van der Waals surface area contributed by atoms with Crippen LogP contribution in [0.1, 0.15) is 25.3 Å². The Bertz CT molecular complexity index is 487. The average molecular weight is 283 g/mol. The van der Waals surface area contributed by atoms with Crippen LogP contribution in [0.25, 0.3) is 0 Å². The molecule has 19 heavy (non-hydrogen) atoms. The largest absolute Gasteiger partial charge is 0.481 e. The number of rotatable bonds is 5. The number of likely N-dealkylation sites (tertiary alicyclic amines) is 1. The van der Waals surface area contributed by atoms with Crippen LogP contribution in [0, 0.1) is 0 Å². The van der Waals surface area contributed by atoms with Gasteiger partial charge in [-0.3, -0.25) is 14.3 Å². The third kappa shape index (κ3) is 2.69. The van der Waals surface area contributed by atoms with Gasteiger partial charge in [-0.1, -0.05) is 11.8 Å². The van der Waals surface area contributed by atoms with Crippen LogP contribution in [0.5, 0.6) is 0 Å². The molecule has 2 fully saturated rings. The monoisotopic (exact) mass is 283 g/mol. The molecule has 1 saturated heterocycles. The van der Waals surface area contributed by atoms with Crippen molar-refractivity contribution in [2.45, 2.75) is 36.5 Å². The van der Waals surface area contributed by atoms with Gasteiger partial charge in [0, 0.05) is 19.1 Å². The molecule has 1 aromatic rings. The predicted octanol–water partition coefficient (Wildman–Crippen LogP) is 0.446. The number of aliphatic carboxylic acids is 1. The SMILES string of the molecule is Nc1nnc(SCC(=O)O)n1C1CCN(C2CC2)C1. The summed E-state index contributed by atoms with van der Waals surface area (Å²) in [5, 5.41) is 17.2. The zero-order valence-electron chi connectivity index (χ0n) is 10.5. The van der Waals surface area contributed by atoms with Gasteiger partial charge in [-0.05, 0) is 19.3 Å². The summed E-state index contributed by atoms with van der Waals surface area (Å²) < 4.78 is 1.90. The van der Waals surface area contributed by atoms with E-state index < -0.39 is 5.97 Å². The Morgan fingerprint density at radius 3 is 2.84 bits per heavy atom. The topological polar surface area (TPSA) is 97.3 Å². The number of hydrogen-bond acceptors (Lipinski definition) is 6. The van der Waals surface area contributed by atoms with Crippen molar-refractivity contribution < 1.29 is 9.90 Å². The molecule has 8 heteroatoms. The number of carbonyl (C=O) groups is 1. The van der Waals surface area contributed by atoms with E-state index >= 15 is 0 Å². The molecular weight excluding hydrogens is 266 g/mol. The molecule has 3 N–H and O–H groups in total. The minimum absolute atomic E-state index is 0.0167. The molecule has 0 bridgehead atoms. The normalized spacial score (nSPS) is 23.9. The Balaban J connectivity index is 1.72. The Labute approximate surface area is 115 Å². The number of hydrogen-bond donors (Lipinski definition) is 2. The molecular formula is C11H17N5O2S. The second kappa shape index (κ2) is 5.01. The van der Waals surface area contributed by atoms with Crippen LogP contribution in [0.3, 0.4) is 0 Å². The van der Waals surface area contributed by atoms with Crippen LogP contribution in [0.4, 0.5) is 5.95 Å². The summed E-state index contributed by atoms with van der Waals surface area (Å²) in [6.07, 6.45) is 3.62. The van der Waals surface area contributed by atoms with Crippen molar-refractivity contribution in [1.82, 2.24) is 19.7 Å². The van der Waals surface area contributed by atoms with Crippen molar-refractivity contribution in [2.75, 3.05) is 24.6 Å². The molecule has 1 atom stereocenters. The first-order valence-electron chi connectivity index (χ1n) is 6.44. The predicted molar refractivity (Wildman–Crippen MR) is 71.0 cm³/mol. The molecule has 3 rings (SSSR count). The van der Waals surface area contributed by atoms with E-state index in [0.29, 0.717) is 11.1 Å². The number of aromatic nitrogens is 3. The number of carboxylic acids is 1. The van der Waals surface area contributed by atoms with E-state index in [1.54, 1.807) is 0 Å². The number of thioether (sulfide) groups is 1. The molecule has 104 valence electrons. The van der Waals surface area contributed by atoms with E-state index in [2.05, 4.69) is 15.1 Å². The lowest BCUT2D eigenvalue weighted by molar-refractivity contribution is -0.133. The maximum absolute atomic E-state index is 10.6. The molecule has 2 heterocycles. The summed E-state index contributed by atoms with van der Waals surface area (Å²) >= 11 is 1.18. The number of anilines is 1. The molecule has 2 aliphatic rings. The van der Waals surface area contributed by atoms with Crippen molar-refractivity contribution in [3.05, 3.63) is 0 Å². The summed E-state index contributed by atoms with van der Waals surface area (Å²) in [5.74, 6) is -0.489. The lowest BCUT2D eigenvalue weighted by atomic mass is 10.2. The Hall–Kier alpha value is -1.28. The summed E-state index contributed by atoms with van der Waals surface area (Å²) in [4.78, 5) is 13.1. The van der Waals surface area contributed by atoms with Gasteiger partial charge < -0.3 is 10.8 Å². The zero-order valence-corrected chi connectivity index (χ0v) is 11.3. The van der Waals surface area contributed by atoms with Crippen LogP contribution in [-0.4, -0.2) is 55.6 Å². The summed E-state index contributed by atoms with van der Waals surface area (Å²) in [5.41, 5.74) is 5.87. The standard InChI is InChI=1S/C11H17N5O2S/c12-10-13-14-11(19-6-9(17)18)16(10)8-3-4-15(5-8)7-1-2-7/h7-8H,1-6H2,(H2,12,13)(H,17,18). The average Bonchev–Trinajstić information content (AvgIpc) is 2.99. The maximum Gasteiger partial charge on any atom is 0.313 e. The first kappa shape index (κ1) is 12.7. The molecule has 0 amide bonds.